The number of carbonyl (C=O) groups is 1. The van der Waals surface area contributed by atoms with E-state index in [0.717, 1.165) is 12.1 Å². The summed E-state index contributed by atoms with van der Waals surface area (Å²) < 4.78 is 0. The number of nitrogens with one attached hydrogen (secondary N) is 3. The van der Waals surface area contributed by atoms with Gasteiger partial charge in [0.2, 0.25) is 17.8 Å². The maximum atomic E-state index is 11.4. The van der Waals surface area contributed by atoms with Gasteiger partial charge in [-0.25, -0.2) is 9.97 Å². The molecule has 28 heavy (non-hydrogen) atoms. The van der Waals surface area contributed by atoms with Gasteiger partial charge in [-0.15, -0.1) is 0 Å². The van der Waals surface area contributed by atoms with E-state index in [-0.39, 0.29) is 5.91 Å². The number of nitrogens with zero attached hydrogens (tertiary/aromatic N) is 3. The van der Waals surface area contributed by atoms with Crippen molar-refractivity contribution in [2.24, 2.45) is 0 Å². The Morgan fingerprint density at radius 1 is 1.04 bits per heavy atom. The predicted octanol–water partition coefficient (Wildman–Crippen LogP) is 3.71. The number of hydrogen-bond donors (Lipinski definition) is 3. The first-order valence-electron chi connectivity index (χ1n) is 9.02. The molecule has 1 aliphatic carbocycles. The van der Waals surface area contributed by atoms with Crippen molar-refractivity contribution >= 4 is 29.2 Å². The molecule has 0 saturated heterocycles. The van der Waals surface area contributed by atoms with Crippen molar-refractivity contribution in [3.05, 3.63) is 79.1 Å². The number of amides is 1. The molecular weight excluding hydrogens is 352 g/mol. The van der Waals surface area contributed by atoms with Crippen molar-refractivity contribution in [1.29, 1.82) is 0 Å². The summed E-state index contributed by atoms with van der Waals surface area (Å²) >= 11 is 0. The van der Waals surface area contributed by atoms with Crippen molar-refractivity contribution in [3.63, 3.8) is 0 Å². The number of hydrogen-bond acceptors (Lipinski definition) is 6. The molecule has 3 N–H and O–H groups in total. The van der Waals surface area contributed by atoms with Gasteiger partial charge in [0.15, 0.2) is 0 Å². The fourth-order valence-corrected chi connectivity index (χ4v) is 3.01. The second kappa shape index (κ2) is 7.87. The highest BCUT2D eigenvalue weighted by Crippen LogP contribution is 2.42. The Bertz CT molecular complexity index is 991. The standard InChI is InChI=1S/C21H20N6O/c1-2-19(28)24-15-9-6-10-16(11-15)25-20-22-13-23-21(27-20)26-18-12-17(18)14-7-4-3-5-8-14/h2-11,13,17-18H,1,12H2,(H,24,28)(H2,22,23,25,26,27). The van der Waals surface area contributed by atoms with Gasteiger partial charge in [-0.05, 0) is 36.3 Å². The predicted molar refractivity (Wildman–Crippen MR) is 110 cm³/mol. The monoisotopic (exact) mass is 372 g/mol. The minimum Gasteiger partial charge on any atom is -0.351 e. The number of anilines is 4. The van der Waals surface area contributed by atoms with Crippen LogP contribution in [-0.2, 0) is 4.79 Å². The van der Waals surface area contributed by atoms with E-state index in [1.165, 1.54) is 18.0 Å². The zero-order valence-corrected chi connectivity index (χ0v) is 15.2. The van der Waals surface area contributed by atoms with E-state index in [0.29, 0.717) is 29.5 Å². The minimum atomic E-state index is -0.263. The van der Waals surface area contributed by atoms with Crippen LogP contribution in [-0.4, -0.2) is 26.9 Å². The molecule has 0 aliphatic heterocycles. The molecule has 1 aromatic heterocycles. The Hall–Kier alpha value is -3.74. The summed E-state index contributed by atoms with van der Waals surface area (Å²) in [5.74, 6) is 1.19. The van der Waals surface area contributed by atoms with Crippen LogP contribution >= 0.6 is 0 Å². The fraction of sp³-hybridized carbons (Fsp3) is 0.143. The topological polar surface area (TPSA) is 91.8 Å². The van der Waals surface area contributed by atoms with Crippen LogP contribution in [0.2, 0.25) is 0 Å². The van der Waals surface area contributed by atoms with Crippen LogP contribution in [0.1, 0.15) is 17.9 Å². The van der Waals surface area contributed by atoms with Crippen LogP contribution in [0, 0.1) is 0 Å². The van der Waals surface area contributed by atoms with Crippen molar-refractivity contribution in [1.82, 2.24) is 15.0 Å². The molecule has 140 valence electrons. The van der Waals surface area contributed by atoms with Crippen molar-refractivity contribution in [2.45, 2.75) is 18.4 Å². The lowest BCUT2D eigenvalue weighted by Crippen LogP contribution is -2.10. The molecule has 1 aliphatic rings. The van der Waals surface area contributed by atoms with Crippen LogP contribution in [0.15, 0.2) is 73.6 Å². The van der Waals surface area contributed by atoms with E-state index in [4.69, 9.17) is 0 Å². The molecule has 1 saturated carbocycles. The lowest BCUT2D eigenvalue weighted by molar-refractivity contribution is -0.111. The first-order chi connectivity index (χ1) is 13.7. The quantitative estimate of drug-likeness (QED) is 0.548. The molecule has 7 heteroatoms. The third-order valence-corrected chi connectivity index (χ3v) is 4.48. The number of benzene rings is 2. The summed E-state index contributed by atoms with van der Waals surface area (Å²) in [4.78, 5) is 24.3. The van der Waals surface area contributed by atoms with Gasteiger partial charge in [0.25, 0.3) is 0 Å². The number of aromatic nitrogens is 3. The van der Waals surface area contributed by atoms with E-state index >= 15 is 0 Å². The summed E-state index contributed by atoms with van der Waals surface area (Å²) in [6, 6.07) is 18.0. The Morgan fingerprint density at radius 3 is 2.64 bits per heavy atom. The Morgan fingerprint density at radius 2 is 1.82 bits per heavy atom. The first-order valence-corrected chi connectivity index (χ1v) is 9.02. The zero-order valence-electron chi connectivity index (χ0n) is 15.2. The third-order valence-electron chi connectivity index (χ3n) is 4.48. The van der Waals surface area contributed by atoms with Gasteiger partial charge in [0.1, 0.15) is 6.33 Å². The second-order valence-corrected chi connectivity index (χ2v) is 6.54. The molecular formula is C21H20N6O. The maximum Gasteiger partial charge on any atom is 0.247 e. The summed E-state index contributed by atoms with van der Waals surface area (Å²) in [7, 11) is 0. The SMILES string of the molecule is C=CC(=O)Nc1cccc(Nc2ncnc(NC3CC3c3ccccc3)n2)c1. The molecule has 1 fully saturated rings. The molecule has 1 heterocycles. The van der Waals surface area contributed by atoms with E-state index in [1.54, 1.807) is 12.1 Å². The molecule has 2 atom stereocenters. The van der Waals surface area contributed by atoms with Crippen LogP contribution in [0.25, 0.3) is 0 Å². The van der Waals surface area contributed by atoms with E-state index < -0.39 is 0 Å². The van der Waals surface area contributed by atoms with Crippen molar-refractivity contribution in [3.8, 4) is 0 Å². The molecule has 2 aromatic carbocycles. The van der Waals surface area contributed by atoms with Crippen LogP contribution < -0.4 is 16.0 Å². The van der Waals surface area contributed by atoms with Gasteiger partial charge in [-0.1, -0.05) is 43.0 Å². The van der Waals surface area contributed by atoms with Gasteiger partial charge in [-0.2, -0.15) is 4.98 Å². The second-order valence-electron chi connectivity index (χ2n) is 6.54. The summed E-state index contributed by atoms with van der Waals surface area (Å²) in [6.45, 7) is 3.45. The molecule has 0 spiro atoms. The van der Waals surface area contributed by atoms with Gasteiger partial charge >= 0.3 is 0 Å². The highest BCUT2D eigenvalue weighted by Gasteiger charge is 2.38. The van der Waals surface area contributed by atoms with Crippen LogP contribution in [0.5, 0.6) is 0 Å². The van der Waals surface area contributed by atoms with E-state index in [2.05, 4.69) is 61.7 Å². The van der Waals surface area contributed by atoms with Gasteiger partial charge in [0, 0.05) is 23.3 Å². The smallest absolute Gasteiger partial charge is 0.247 e. The zero-order chi connectivity index (χ0) is 19.3. The van der Waals surface area contributed by atoms with Gasteiger partial charge in [-0.3, -0.25) is 4.79 Å². The average Bonchev–Trinajstić information content (AvgIpc) is 3.48. The Kier molecular flexibility index (Phi) is 4.97. The maximum absolute atomic E-state index is 11.4. The minimum absolute atomic E-state index is 0.263. The van der Waals surface area contributed by atoms with Gasteiger partial charge < -0.3 is 16.0 Å². The third kappa shape index (κ3) is 4.32. The molecule has 2 unspecified atom stereocenters. The molecule has 0 bridgehead atoms. The van der Waals surface area contributed by atoms with E-state index in [9.17, 15) is 4.79 Å². The first kappa shape index (κ1) is 17.7. The van der Waals surface area contributed by atoms with Gasteiger partial charge in [0.05, 0.1) is 0 Å². The Labute approximate surface area is 163 Å². The van der Waals surface area contributed by atoms with Crippen LogP contribution in [0.4, 0.5) is 23.3 Å². The number of carbonyl (C=O) groups excluding carboxylic acids is 1. The highest BCUT2D eigenvalue weighted by atomic mass is 16.1. The molecule has 3 aromatic rings. The summed E-state index contributed by atoms with van der Waals surface area (Å²) in [5.41, 5.74) is 2.74. The van der Waals surface area contributed by atoms with Crippen molar-refractivity contribution < 1.29 is 4.79 Å². The van der Waals surface area contributed by atoms with Crippen LogP contribution in [0.3, 0.4) is 0 Å². The van der Waals surface area contributed by atoms with Crippen molar-refractivity contribution in [2.75, 3.05) is 16.0 Å². The average molecular weight is 372 g/mol. The molecule has 1 amide bonds. The molecule has 4 rings (SSSR count). The highest BCUT2D eigenvalue weighted by molar-refractivity contribution is 5.99. The Balaban J connectivity index is 1.40. The lowest BCUT2D eigenvalue weighted by atomic mass is 10.1. The fourth-order valence-electron chi connectivity index (χ4n) is 3.01. The lowest BCUT2D eigenvalue weighted by Gasteiger charge is -2.09. The number of rotatable bonds is 7. The summed E-state index contributed by atoms with van der Waals surface area (Å²) in [6.07, 6.45) is 3.76. The molecule has 7 nitrogen and oxygen atoms in total. The van der Waals surface area contributed by atoms with E-state index in [1.807, 2.05) is 18.2 Å². The summed E-state index contributed by atoms with van der Waals surface area (Å²) in [5, 5.41) is 9.22. The molecule has 0 radical (unpaired) electrons. The normalized spacial score (nSPS) is 17.4. The largest absolute Gasteiger partial charge is 0.351 e.